The zero-order valence-electron chi connectivity index (χ0n) is 20.8. The zero-order chi connectivity index (χ0) is 25.9. The van der Waals surface area contributed by atoms with Crippen LogP contribution in [-0.4, -0.2) is 44.8 Å². The van der Waals surface area contributed by atoms with Gasteiger partial charge in [-0.1, -0.05) is 42.0 Å². The fourth-order valence-corrected chi connectivity index (χ4v) is 5.79. The maximum atomic E-state index is 13.7. The Kier molecular flexibility index (Phi) is 7.45. The smallest absolute Gasteiger partial charge is 0.264 e. The highest BCUT2D eigenvalue weighted by Gasteiger charge is 2.29. The van der Waals surface area contributed by atoms with Crippen LogP contribution in [0.25, 0.3) is 0 Å². The van der Waals surface area contributed by atoms with Gasteiger partial charge in [0.25, 0.3) is 15.9 Å². The van der Waals surface area contributed by atoms with E-state index in [1.807, 2.05) is 32.9 Å². The van der Waals surface area contributed by atoms with E-state index in [1.165, 1.54) is 0 Å². The number of likely N-dealkylation sites (tertiary alicyclic amines) is 1. The Labute approximate surface area is 212 Å². The third-order valence-corrected chi connectivity index (χ3v) is 8.13. The van der Waals surface area contributed by atoms with Gasteiger partial charge in [0, 0.05) is 13.1 Å². The molecular weight excluding hydrogens is 474 g/mol. The number of rotatable bonds is 7. The van der Waals surface area contributed by atoms with E-state index in [0.717, 1.165) is 33.8 Å². The molecule has 1 aliphatic heterocycles. The molecule has 1 heterocycles. The molecular formula is C28H31N3O4S. The van der Waals surface area contributed by atoms with E-state index in [1.54, 1.807) is 59.5 Å². The number of para-hydroxylation sites is 1. The Balaban J connectivity index is 1.66. The maximum Gasteiger partial charge on any atom is 0.264 e. The molecule has 3 aromatic carbocycles. The van der Waals surface area contributed by atoms with Crippen LogP contribution >= 0.6 is 0 Å². The van der Waals surface area contributed by atoms with Crippen LogP contribution in [0.2, 0.25) is 0 Å². The minimum absolute atomic E-state index is 0.103. The van der Waals surface area contributed by atoms with E-state index in [4.69, 9.17) is 0 Å². The minimum Gasteiger partial charge on any atom is -0.339 e. The summed E-state index contributed by atoms with van der Waals surface area (Å²) in [5.74, 6) is -0.671. The van der Waals surface area contributed by atoms with Gasteiger partial charge >= 0.3 is 0 Å². The molecule has 1 aliphatic rings. The van der Waals surface area contributed by atoms with Crippen molar-refractivity contribution in [2.75, 3.05) is 29.3 Å². The quantitative estimate of drug-likeness (QED) is 0.505. The number of amides is 2. The van der Waals surface area contributed by atoms with Crippen molar-refractivity contribution < 1.29 is 18.0 Å². The van der Waals surface area contributed by atoms with E-state index < -0.39 is 22.5 Å². The van der Waals surface area contributed by atoms with E-state index in [-0.39, 0.29) is 10.8 Å². The van der Waals surface area contributed by atoms with Crippen molar-refractivity contribution >= 4 is 33.2 Å². The molecule has 0 radical (unpaired) electrons. The van der Waals surface area contributed by atoms with Crippen molar-refractivity contribution in [3.05, 3.63) is 89.0 Å². The van der Waals surface area contributed by atoms with Crippen LogP contribution in [0.15, 0.2) is 71.6 Å². The Bertz CT molecular complexity index is 1380. The molecule has 8 heteroatoms. The highest BCUT2D eigenvalue weighted by Crippen LogP contribution is 2.28. The van der Waals surface area contributed by atoms with E-state index in [0.29, 0.717) is 30.0 Å². The molecule has 0 aliphatic carbocycles. The first-order chi connectivity index (χ1) is 17.2. The van der Waals surface area contributed by atoms with E-state index in [2.05, 4.69) is 5.32 Å². The normalized spacial score (nSPS) is 13.5. The topological polar surface area (TPSA) is 86.8 Å². The summed E-state index contributed by atoms with van der Waals surface area (Å²) >= 11 is 0. The number of nitrogens with zero attached hydrogens (tertiary/aromatic N) is 2. The van der Waals surface area contributed by atoms with Crippen LogP contribution < -0.4 is 9.62 Å². The summed E-state index contributed by atoms with van der Waals surface area (Å²) < 4.78 is 28.6. The fourth-order valence-electron chi connectivity index (χ4n) is 4.31. The number of hydrogen-bond donors (Lipinski definition) is 1. The van der Waals surface area contributed by atoms with Gasteiger partial charge in [0.05, 0.1) is 21.8 Å². The second-order valence-corrected chi connectivity index (χ2v) is 11.1. The van der Waals surface area contributed by atoms with Crippen molar-refractivity contribution in [1.82, 2.24) is 4.90 Å². The monoisotopic (exact) mass is 505 g/mol. The molecule has 3 aromatic rings. The minimum atomic E-state index is -4.04. The molecule has 1 N–H and O–H groups in total. The fraction of sp³-hybridized carbons (Fsp3) is 0.286. The number of carbonyl (C=O) groups excluding carboxylic acids is 2. The molecule has 2 amide bonds. The van der Waals surface area contributed by atoms with Crippen molar-refractivity contribution in [3.63, 3.8) is 0 Å². The second kappa shape index (κ2) is 10.5. The average molecular weight is 506 g/mol. The number of anilines is 2. The third kappa shape index (κ3) is 5.44. The predicted molar refractivity (Wildman–Crippen MR) is 142 cm³/mol. The molecule has 0 bridgehead atoms. The molecule has 0 atom stereocenters. The van der Waals surface area contributed by atoms with Gasteiger partial charge in [-0.05, 0) is 75.1 Å². The summed E-state index contributed by atoms with van der Waals surface area (Å²) in [5, 5.41) is 2.79. The van der Waals surface area contributed by atoms with Crippen LogP contribution in [0.1, 0.15) is 39.9 Å². The van der Waals surface area contributed by atoms with Gasteiger partial charge in [-0.15, -0.1) is 0 Å². The van der Waals surface area contributed by atoms with Crippen molar-refractivity contribution in [3.8, 4) is 0 Å². The van der Waals surface area contributed by atoms with E-state index in [9.17, 15) is 18.0 Å². The van der Waals surface area contributed by atoms with Crippen molar-refractivity contribution in [1.29, 1.82) is 0 Å². The lowest BCUT2D eigenvalue weighted by atomic mass is 10.1. The number of nitrogens with one attached hydrogen (secondary N) is 1. The largest absolute Gasteiger partial charge is 0.339 e. The molecule has 36 heavy (non-hydrogen) atoms. The number of sulfonamides is 1. The summed E-state index contributed by atoms with van der Waals surface area (Å²) in [6.45, 7) is 6.51. The predicted octanol–water partition coefficient (Wildman–Crippen LogP) is 4.68. The standard InChI is InChI=1S/C28H31N3O4S/c1-20-11-14-23(15-12-20)36(34,35)31(26-18-21(2)10-13-22(26)3)19-27(32)29-25-9-5-4-8-24(25)28(33)30-16-6-7-17-30/h4-5,8-15,18H,6-7,16-17,19H2,1-3H3,(H,29,32). The van der Waals surface area contributed by atoms with Gasteiger partial charge in [0.15, 0.2) is 0 Å². The van der Waals surface area contributed by atoms with Crippen LogP contribution in [0.4, 0.5) is 11.4 Å². The van der Waals surface area contributed by atoms with Crippen LogP contribution in [0, 0.1) is 20.8 Å². The van der Waals surface area contributed by atoms with Crippen molar-refractivity contribution in [2.24, 2.45) is 0 Å². The van der Waals surface area contributed by atoms with Gasteiger partial charge in [0.2, 0.25) is 5.91 Å². The third-order valence-electron chi connectivity index (χ3n) is 6.35. The molecule has 4 rings (SSSR count). The van der Waals surface area contributed by atoms with Gasteiger partial charge < -0.3 is 10.2 Å². The summed E-state index contributed by atoms with van der Waals surface area (Å²) in [6, 6.07) is 18.9. The van der Waals surface area contributed by atoms with E-state index >= 15 is 0 Å². The Morgan fingerprint density at radius 2 is 1.53 bits per heavy atom. The van der Waals surface area contributed by atoms with Crippen LogP contribution in [0.5, 0.6) is 0 Å². The van der Waals surface area contributed by atoms with Crippen LogP contribution in [-0.2, 0) is 14.8 Å². The first-order valence-electron chi connectivity index (χ1n) is 12.0. The Morgan fingerprint density at radius 1 is 0.889 bits per heavy atom. The molecule has 0 unspecified atom stereocenters. The van der Waals surface area contributed by atoms with Gasteiger partial charge in [-0.2, -0.15) is 0 Å². The lowest BCUT2D eigenvalue weighted by Crippen LogP contribution is -2.39. The Morgan fingerprint density at radius 3 is 2.22 bits per heavy atom. The summed E-state index contributed by atoms with van der Waals surface area (Å²) in [7, 11) is -4.04. The van der Waals surface area contributed by atoms with Gasteiger partial charge in [0.1, 0.15) is 6.54 Å². The van der Waals surface area contributed by atoms with Crippen LogP contribution in [0.3, 0.4) is 0 Å². The van der Waals surface area contributed by atoms with Gasteiger partial charge in [-0.3, -0.25) is 13.9 Å². The lowest BCUT2D eigenvalue weighted by Gasteiger charge is -2.26. The number of aryl methyl sites for hydroxylation is 3. The first-order valence-corrected chi connectivity index (χ1v) is 13.5. The molecule has 1 fully saturated rings. The molecule has 7 nitrogen and oxygen atoms in total. The zero-order valence-corrected chi connectivity index (χ0v) is 21.6. The Hall–Kier alpha value is -3.65. The maximum absolute atomic E-state index is 13.7. The SMILES string of the molecule is Cc1ccc(S(=O)(=O)N(CC(=O)Nc2ccccc2C(=O)N2CCCC2)c2cc(C)ccc2C)cc1. The molecule has 0 saturated carbocycles. The molecule has 0 aromatic heterocycles. The van der Waals surface area contributed by atoms with Gasteiger partial charge in [-0.25, -0.2) is 8.42 Å². The summed E-state index contributed by atoms with van der Waals surface area (Å²) in [6.07, 6.45) is 1.92. The summed E-state index contributed by atoms with van der Waals surface area (Å²) in [5.41, 5.74) is 3.74. The number of benzene rings is 3. The summed E-state index contributed by atoms with van der Waals surface area (Å²) in [4.78, 5) is 28.2. The molecule has 188 valence electrons. The highest BCUT2D eigenvalue weighted by atomic mass is 32.2. The number of hydrogen-bond acceptors (Lipinski definition) is 4. The second-order valence-electron chi connectivity index (χ2n) is 9.21. The molecule has 1 saturated heterocycles. The highest BCUT2D eigenvalue weighted by molar-refractivity contribution is 7.92. The average Bonchev–Trinajstić information content (AvgIpc) is 3.39. The lowest BCUT2D eigenvalue weighted by molar-refractivity contribution is -0.114. The molecule has 0 spiro atoms. The first kappa shape index (κ1) is 25.4. The van der Waals surface area contributed by atoms with Crippen molar-refractivity contribution in [2.45, 2.75) is 38.5 Å². The number of carbonyl (C=O) groups is 2.